The molecule has 0 aliphatic heterocycles. The average molecular weight is 261 g/mol. The van der Waals surface area contributed by atoms with Crippen molar-refractivity contribution >= 4 is 0 Å². The van der Waals surface area contributed by atoms with Crippen molar-refractivity contribution in [2.24, 2.45) is 11.3 Å². The van der Waals surface area contributed by atoms with Gasteiger partial charge in [0, 0.05) is 18.3 Å². The van der Waals surface area contributed by atoms with Crippen molar-refractivity contribution in [3.63, 3.8) is 0 Å². The van der Waals surface area contributed by atoms with Gasteiger partial charge < -0.3 is 5.11 Å². The van der Waals surface area contributed by atoms with Gasteiger partial charge in [-0.1, -0.05) is 33.8 Å². The highest BCUT2D eigenvalue weighted by Crippen LogP contribution is 2.44. The molecule has 2 nitrogen and oxygen atoms in total. The molecule has 1 aliphatic rings. The molecule has 2 unspecified atom stereocenters. The minimum atomic E-state index is -0.581. The maximum atomic E-state index is 10.9. The first-order chi connectivity index (χ1) is 8.82. The summed E-state index contributed by atoms with van der Waals surface area (Å²) in [5.74, 6) is 0.587. The number of aliphatic hydroxyl groups is 1. The van der Waals surface area contributed by atoms with E-state index < -0.39 is 5.60 Å². The minimum Gasteiger partial charge on any atom is -0.389 e. The molecule has 1 aromatic heterocycles. The molecule has 2 atom stereocenters. The van der Waals surface area contributed by atoms with Crippen LogP contribution in [0, 0.1) is 11.3 Å². The van der Waals surface area contributed by atoms with Crippen LogP contribution in [0.5, 0.6) is 0 Å². The quantitative estimate of drug-likeness (QED) is 0.898. The van der Waals surface area contributed by atoms with E-state index in [0.29, 0.717) is 12.3 Å². The number of pyridine rings is 1. The van der Waals surface area contributed by atoms with Crippen LogP contribution in [0.2, 0.25) is 0 Å². The summed E-state index contributed by atoms with van der Waals surface area (Å²) >= 11 is 0. The van der Waals surface area contributed by atoms with E-state index in [1.807, 2.05) is 6.20 Å². The number of hydrogen-bond donors (Lipinski definition) is 1. The average Bonchev–Trinajstić information content (AvgIpc) is 2.26. The Morgan fingerprint density at radius 3 is 2.58 bits per heavy atom. The van der Waals surface area contributed by atoms with Crippen LogP contribution in [0.3, 0.4) is 0 Å². The van der Waals surface area contributed by atoms with E-state index in [9.17, 15) is 5.11 Å². The first-order valence-corrected chi connectivity index (χ1v) is 7.48. The molecular weight excluding hydrogens is 234 g/mol. The first kappa shape index (κ1) is 14.5. The van der Waals surface area contributed by atoms with E-state index in [-0.39, 0.29) is 5.41 Å². The third-order valence-electron chi connectivity index (χ3n) is 4.24. The third-order valence-corrected chi connectivity index (χ3v) is 4.24. The summed E-state index contributed by atoms with van der Waals surface area (Å²) in [5.41, 5.74) is 1.93. The lowest BCUT2D eigenvalue weighted by Crippen LogP contribution is -2.43. The van der Waals surface area contributed by atoms with Crippen LogP contribution >= 0.6 is 0 Å². The zero-order valence-electron chi connectivity index (χ0n) is 12.7. The van der Waals surface area contributed by atoms with Crippen LogP contribution < -0.4 is 0 Å². The molecule has 0 spiro atoms. The molecule has 2 rings (SSSR count). The van der Waals surface area contributed by atoms with Crippen LogP contribution in [0.4, 0.5) is 0 Å². The number of nitrogens with zero attached hydrogens (tertiary/aromatic N) is 1. The van der Waals surface area contributed by atoms with Crippen LogP contribution in [-0.2, 0) is 12.8 Å². The van der Waals surface area contributed by atoms with E-state index >= 15 is 0 Å². The Hall–Kier alpha value is -0.890. The maximum absolute atomic E-state index is 10.9. The second-order valence-corrected chi connectivity index (χ2v) is 7.27. The van der Waals surface area contributed by atoms with Gasteiger partial charge in [0.15, 0.2) is 0 Å². The molecule has 1 saturated carbocycles. The Morgan fingerprint density at radius 2 is 2.05 bits per heavy atom. The Bertz CT molecular complexity index is 423. The topological polar surface area (TPSA) is 33.1 Å². The molecule has 0 radical (unpaired) electrons. The molecule has 2 heteroatoms. The van der Waals surface area contributed by atoms with Gasteiger partial charge in [-0.05, 0) is 48.6 Å². The molecule has 0 bridgehead atoms. The van der Waals surface area contributed by atoms with Crippen molar-refractivity contribution in [1.29, 1.82) is 0 Å². The Labute approximate surface area is 117 Å². The normalized spacial score (nSPS) is 30.3. The lowest BCUT2D eigenvalue weighted by Gasteiger charge is -2.44. The molecule has 1 N–H and O–H groups in total. The highest BCUT2D eigenvalue weighted by atomic mass is 16.3. The Morgan fingerprint density at radius 1 is 1.32 bits per heavy atom. The Balaban J connectivity index is 2.11. The van der Waals surface area contributed by atoms with Gasteiger partial charge in [-0.25, -0.2) is 0 Å². The van der Waals surface area contributed by atoms with Gasteiger partial charge in [-0.3, -0.25) is 4.98 Å². The van der Waals surface area contributed by atoms with E-state index in [1.165, 1.54) is 12.0 Å². The summed E-state index contributed by atoms with van der Waals surface area (Å²) in [7, 11) is 0. The molecule has 0 aromatic carbocycles. The van der Waals surface area contributed by atoms with Gasteiger partial charge in [0.2, 0.25) is 0 Å². The number of aryl methyl sites for hydroxylation is 1. The number of aromatic nitrogens is 1. The van der Waals surface area contributed by atoms with Crippen LogP contribution in [0.1, 0.15) is 58.2 Å². The largest absolute Gasteiger partial charge is 0.389 e. The minimum absolute atomic E-state index is 0.232. The summed E-state index contributed by atoms with van der Waals surface area (Å²) in [5, 5.41) is 10.9. The van der Waals surface area contributed by atoms with Crippen LogP contribution in [0.15, 0.2) is 18.3 Å². The maximum Gasteiger partial charge on any atom is 0.0710 e. The molecular formula is C17H27NO. The second-order valence-electron chi connectivity index (χ2n) is 7.27. The molecule has 106 valence electrons. The lowest BCUT2D eigenvalue weighted by molar-refractivity contribution is -0.0580. The first-order valence-electron chi connectivity index (χ1n) is 7.48. The molecule has 1 aliphatic carbocycles. The zero-order chi connectivity index (χ0) is 14.1. The van der Waals surface area contributed by atoms with Crippen molar-refractivity contribution in [2.45, 2.75) is 65.4 Å². The van der Waals surface area contributed by atoms with E-state index in [0.717, 1.165) is 25.0 Å². The van der Waals surface area contributed by atoms with E-state index in [2.05, 4.69) is 44.8 Å². The molecule has 0 saturated heterocycles. The molecule has 1 aromatic rings. The molecule has 19 heavy (non-hydrogen) atoms. The van der Waals surface area contributed by atoms with Crippen molar-refractivity contribution in [1.82, 2.24) is 4.98 Å². The predicted molar refractivity (Wildman–Crippen MR) is 79.1 cm³/mol. The third kappa shape index (κ3) is 3.79. The van der Waals surface area contributed by atoms with Crippen molar-refractivity contribution < 1.29 is 5.11 Å². The summed E-state index contributed by atoms with van der Waals surface area (Å²) in [6.45, 7) is 8.91. The van der Waals surface area contributed by atoms with Crippen LogP contribution in [0.25, 0.3) is 0 Å². The predicted octanol–water partition coefficient (Wildman–Crippen LogP) is 3.76. The van der Waals surface area contributed by atoms with Gasteiger partial charge in [-0.15, -0.1) is 0 Å². The van der Waals surface area contributed by atoms with Gasteiger partial charge >= 0.3 is 0 Å². The fourth-order valence-corrected chi connectivity index (χ4v) is 3.94. The van der Waals surface area contributed by atoms with Gasteiger partial charge in [-0.2, -0.15) is 0 Å². The standard InChI is InChI=1S/C17H27NO/c1-5-14-6-7-15(18-11-14)10-17(19)9-13(2)8-16(3,4)12-17/h6-7,11,13,19H,5,8-10,12H2,1-4H3. The highest BCUT2D eigenvalue weighted by molar-refractivity contribution is 5.16. The fraction of sp³-hybridized carbons (Fsp3) is 0.706. The number of rotatable bonds is 3. The van der Waals surface area contributed by atoms with Crippen molar-refractivity contribution in [2.75, 3.05) is 0 Å². The molecule has 1 fully saturated rings. The summed E-state index contributed by atoms with van der Waals surface area (Å²) in [6, 6.07) is 4.20. The fourth-order valence-electron chi connectivity index (χ4n) is 3.94. The molecule has 1 heterocycles. The molecule has 0 amide bonds. The zero-order valence-corrected chi connectivity index (χ0v) is 12.7. The highest BCUT2D eigenvalue weighted by Gasteiger charge is 2.41. The lowest BCUT2D eigenvalue weighted by atomic mass is 9.64. The summed E-state index contributed by atoms with van der Waals surface area (Å²) in [6.07, 6.45) is 6.62. The number of hydrogen-bond acceptors (Lipinski definition) is 2. The van der Waals surface area contributed by atoms with Gasteiger partial charge in [0.25, 0.3) is 0 Å². The van der Waals surface area contributed by atoms with Crippen molar-refractivity contribution in [3.05, 3.63) is 29.6 Å². The SMILES string of the molecule is CCc1ccc(CC2(O)CC(C)CC(C)(C)C2)nc1. The van der Waals surface area contributed by atoms with E-state index in [1.54, 1.807) is 0 Å². The van der Waals surface area contributed by atoms with Gasteiger partial charge in [0.1, 0.15) is 0 Å². The second kappa shape index (κ2) is 5.24. The van der Waals surface area contributed by atoms with Crippen LogP contribution in [-0.4, -0.2) is 15.7 Å². The van der Waals surface area contributed by atoms with Gasteiger partial charge in [0.05, 0.1) is 5.60 Å². The Kier molecular flexibility index (Phi) is 4.00. The monoisotopic (exact) mass is 261 g/mol. The van der Waals surface area contributed by atoms with E-state index in [4.69, 9.17) is 0 Å². The van der Waals surface area contributed by atoms with Crippen molar-refractivity contribution in [3.8, 4) is 0 Å². The summed E-state index contributed by atoms with van der Waals surface area (Å²) < 4.78 is 0. The summed E-state index contributed by atoms with van der Waals surface area (Å²) in [4.78, 5) is 4.50. The smallest absolute Gasteiger partial charge is 0.0710 e.